The predicted octanol–water partition coefficient (Wildman–Crippen LogP) is 3.91. The lowest BCUT2D eigenvalue weighted by Gasteiger charge is -2.32. The van der Waals surface area contributed by atoms with Gasteiger partial charge in [0.15, 0.2) is 0 Å². The van der Waals surface area contributed by atoms with Crippen LogP contribution in [0.25, 0.3) is 0 Å². The Morgan fingerprint density at radius 3 is 2.56 bits per heavy atom. The predicted molar refractivity (Wildman–Crippen MR) is 112 cm³/mol. The van der Waals surface area contributed by atoms with E-state index in [9.17, 15) is 4.79 Å². The fourth-order valence-corrected chi connectivity index (χ4v) is 4.29. The first-order valence-corrected chi connectivity index (χ1v) is 10.7. The number of anilines is 1. The zero-order valence-electron chi connectivity index (χ0n) is 17.0. The highest BCUT2D eigenvalue weighted by molar-refractivity contribution is 5.90. The average Bonchev–Trinajstić information content (AvgIpc) is 2.68. The topological polar surface area (TPSA) is 47.6 Å². The fraction of sp³-hybridized carbons (Fsp3) is 0.682. The van der Waals surface area contributed by atoms with Gasteiger partial charge < -0.3 is 20.4 Å². The Hall–Kier alpha value is -1.59. The number of carbonyl (C=O) groups excluding carboxylic acids is 1. The largest absolute Gasteiger partial charge is 0.322 e. The molecule has 2 amide bonds. The van der Waals surface area contributed by atoms with Crippen LogP contribution in [0.1, 0.15) is 51.0 Å². The second-order valence-electron chi connectivity index (χ2n) is 8.40. The smallest absolute Gasteiger partial charge is 0.321 e. The van der Waals surface area contributed by atoms with Gasteiger partial charge in [-0.3, -0.25) is 0 Å². The standard InChI is InChI=1S/C22H36N4O/c1-18(16-19-8-4-3-5-9-19)23-17-20-10-6-7-11-21(20)24-22(27)26-14-12-25(2)13-15-26/h6-7,10-11,18-19,23H,3-5,8-9,12-17H2,1-2H3,(H,24,27). The minimum Gasteiger partial charge on any atom is -0.322 e. The van der Waals surface area contributed by atoms with E-state index < -0.39 is 0 Å². The molecule has 1 aliphatic carbocycles. The van der Waals surface area contributed by atoms with Gasteiger partial charge in [0.1, 0.15) is 0 Å². The molecule has 3 rings (SSSR count). The van der Waals surface area contributed by atoms with Gasteiger partial charge in [0.2, 0.25) is 0 Å². The number of benzene rings is 1. The second kappa shape index (κ2) is 10.1. The van der Waals surface area contributed by atoms with Gasteiger partial charge in [0.05, 0.1) is 0 Å². The Morgan fingerprint density at radius 1 is 1.11 bits per heavy atom. The van der Waals surface area contributed by atoms with E-state index in [4.69, 9.17) is 0 Å². The van der Waals surface area contributed by atoms with Crippen LogP contribution in [0.3, 0.4) is 0 Å². The highest BCUT2D eigenvalue weighted by atomic mass is 16.2. The quantitative estimate of drug-likeness (QED) is 0.796. The second-order valence-corrected chi connectivity index (χ2v) is 8.40. The molecule has 1 unspecified atom stereocenters. The molecule has 0 radical (unpaired) electrons. The SMILES string of the molecule is CC(CC1CCCCC1)NCc1ccccc1NC(=O)N1CCN(C)CC1. The number of hydrogen-bond donors (Lipinski definition) is 2. The summed E-state index contributed by atoms with van der Waals surface area (Å²) in [6.45, 7) is 6.56. The minimum atomic E-state index is 0.0193. The number of likely N-dealkylation sites (N-methyl/N-ethyl adjacent to an activating group) is 1. The van der Waals surface area contributed by atoms with Gasteiger partial charge in [-0.25, -0.2) is 4.79 Å². The van der Waals surface area contributed by atoms with Crippen LogP contribution >= 0.6 is 0 Å². The molecule has 2 aliphatic rings. The van der Waals surface area contributed by atoms with Crippen LogP contribution in [0.5, 0.6) is 0 Å². The van der Waals surface area contributed by atoms with E-state index in [0.29, 0.717) is 6.04 Å². The number of hydrogen-bond acceptors (Lipinski definition) is 3. The molecule has 150 valence electrons. The summed E-state index contributed by atoms with van der Waals surface area (Å²) in [6.07, 6.45) is 8.26. The molecule has 1 saturated carbocycles. The third kappa shape index (κ3) is 6.22. The maximum absolute atomic E-state index is 12.6. The molecule has 1 atom stereocenters. The first-order valence-electron chi connectivity index (χ1n) is 10.7. The molecule has 1 saturated heterocycles. The maximum atomic E-state index is 12.6. The molecule has 2 fully saturated rings. The van der Waals surface area contributed by atoms with Crippen molar-refractivity contribution in [1.29, 1.82) is 0 Å². The highest BCUT2D eigenvalue weighted by Crippen LogP contribution is 2.27. The third-order valence-electron chi connectivity index (χ3n) is 6.10. The van der Waals surface area contributed by atoms with E-state index >= 15 is 0 Å². The summed E-state index contributed by atoms with van der Waals surface area (Å²) < 4.78 is 0. The Bertz CT molecular complexity index is 592. The third-order valence-corrected chi connectivity index (χ3v) is 6.10. The van der Waals surface area contributed by atoms with E-state index in [-0.39, 0.29) is 6.03 Å². The van der Waals surface area contributed by atoms with E-state index in [0.717, 1.165) is 49.9 Å². The average molecular weight is 373 g/mol. The maximum Gasteiger partial charge on any atom is 0.321 e. The molecular formula is C22H36N4O. The van der Waals surface area contributed by atoms with Crippen LogP contribution in [0.2, 0.25) is 0 Å². The molecule has 1 aromatic rings. The lowest BCUT2D eigenvalue weighted by molar-refractivity contribution is 0.164. The van der Waals surface area contributed by atoms with E-state index in [1.54, 1.807) is 0 Å². The zero-order chi connectivity index (χ0) is 19.1. The summed E-state index contributed by atoms with van der Waals surface area (Å²) in [7, 11) is 2.10. The molecular weight excluding hydrogens is 336 g/mol. The Kier molecular flexibility index (Phi) is 7.53. The number of piperazine rings is 1. The number of nitrogens with one attached hydrogen (secondary N) is 2. The van der Waals surface area contributed by atoms with Crippen molar-refractivity contribution in [3.8, 4) is 0 Å². The number of para-hydroxylation sites is 1. The molecule has 0 aromatic heterocycles. The van der Waals surface area contributed by atoms with Gasteiger partial charge in [-0.1, -0.05) is 50.3 Å². The normalized spacial score (nSPS) is 20.4. The summed E-state index contributed by atoms with van der Waals surface area (Å²) in [5, 5.41) is 6.80. The molecule has 2 N–H and O–H groups in total. The van der Waals surface area contributed by atoms with Crippen molar-refractivity contribution in [3.05, 3.63) is 29.8 Å². The number of urea groups is 1. The van der Waals surface area contributed by atoms with Crippen LogP contribution < -0.4 is 10.6 Å². The summed E-state index contributed by atoms with van der Waals surface area (Å²) in [4.78, 5) is 16.8. The lowest BCUT2D eigenvalue weighted by atomic mass is 9.85. The van der Waals surface area contributed by atoms with Crippen LogP contribution in [-0.2, 0) is 6.54 Å². The van der Waals surface area contributed by atoms with Crippen molar-refractivity contribution in [3.63, 3.8) is 0 Å². The Balaban J connectivity index is 1.50. The van der Waals surface area contributed by atoms with Crippen LogP contribution in [0.15, 0.2) is 24.3 Å². The van der Waals surface area contributed by atoms with Crippen molar-refractivity contribution >= 4 is 11.7 Å². The van der Waals surface area contributed by atoms with Crippen molar-refractivity contribution in [1.82, 2.24) is 15.1 Å². The molecule has 1 aromatic carbocycles. The van der Waals surface area contributed by atoms with Gasteiger partial charge in [-0.2, -0.15) is 0 Å². The molecule has 27 heavy (non-hydrogen) atoms. The van der Waals surface area contributed by atoms with Gasteiger partial charge in [0, 0.05) is 44.5 Å². The van der Waals surface area contributed by atoms with Gasteiger partial charge >= 0.3 is 6.03 Å². The van der Waals surface area contributed by atoms with Crippen molar-refractivity contribution in [2.24, 2.45) is 5.92 Å². The number of carbonyl (C=O) groups is 1. The Labute approximate surface area is 164 Å². The van der Waals surface area contributed by atoms with E-state index in [2.05, 4.69) is 35.6 Å². The fourth-order valence-electron chi connectivity index (χ4n) is 4.29. The first kappa shape index (κ1) is 20.2. The monoisotopic (exact) mass is 372 g/mol. The number of amides is 2. The number of rotatable bonds is 6. The Morgan fingerprint density at radius 2 is 1.81 bits per heavy atom. The molecule has 1 heterocycles. The molecule has 5 heteroatoms. The van der Waals surface area contributed by atoms with Crippen molar-refractivity contribution in [2.45, 2.75) is 58.0 Å². The summed E-state index contributed by atoms with van der Waals surface area (Å²) in [5.41, 5.74) is 2.09. The van der Waals surface area contributed by atoms with Crippen LogP contribution in [0, 0.1) is 5.92 Å². The van der Waals surface area contributed by atoms with Crippen LogP contribution in [-0.4, -0.2) is 55.1 Å². The number of nitrogens with zero attached hydrogens (tertiary/aromatic N) is 2. The van der Waals surface area contributed by atoms with E-state index in [1.165, 1.54) is 38.5 Å². The zero-order valence-corrected chi connectivity index (χ0v) is 17.0. The molecule has 0 bridgehead atoms. The van der Waals surface area contributed by atoms with Crippen molar-refractivity contribution in [2.75, 3.05) is 38.5 Å². The molecule has 0 spiro atoms. The first-order chi connectivity index (χ1) is 13.1. The van der Waals surface area contributed by atoms with Crippen molar-refractivity contribution < 1.29 is 4.79 Å². The summed E-state index contributed by atoms with van der Waals surface area (Å²) in [6, 6.07) is 8.69. The van der Waals surface area contributed by atoms with Gasteiger partial charge in [-0.15, -0.1) is 0 Å². The lowest BCUT2D eigenvalue weighted by Crippen LogP contribution is -2.48. The van der Waals surface area contributed by atoms with Gasteiger partial charge in [-0.05, 0) is 37.9 Å². The van der Waals surface area contributed by atoms with Crippen LogP contribution in [0.4, 0.5) is 10.5 Å². The van der Waals surface area contributed by atoms with Gasteiger partial charge in [0.25, 0.3) is 0 Å². The minimum absolute atomic E-state index is 0.0193. The molecule has 1 aliphatic heterocycles. The molecule has 5 nitrogen and oxygen atoms in total. The summed E-state index contributed by atoms with van der Waals surface area (Å²) >= 11 is 0. The highest BCUT2D eigenvalue weighted by Gasteiger charge is 2.20. The van der Waals surface area contributed by atoms with E-state index in [1.807, 2.05) is 23.1 Å². The summed E-state index contributed by atoms with van der Waals surface area (Å²) in [5.74, 6) is 0.883.